The minimum Gasteiger partial charge on any atom is -0.387 e. The standard InChI is InChI=1S/C16H18BrNO/c17-15-8-6-13(7-9-15)10-11-18-12-16(19)14-4-2-1-3-5-14/h1-9,16,18-19H,10-12H2/t16-/m0/s1. The highest BCUT2D eigenvalue weighted by molar-refractivity contribution is 9.10. The van der Waals surface area contributed by atoms with Crippen LogP contribution in [0.2, 0.25) is 0 Å². The topological polar surface area (TPSA) is 32.3 Å². The first-order valence-corrected chi connectivity index (χ1v) is 7.23. The van der Waals surface area contributed by atoms with E-state index in [2.05, 4.69) is 33.4 Å². The molecule has 0 aliphatic rings. The second-order valence-corrected chi connectivity index (χ2v) is 5.42. The van der Waals surface area contributed by atoms with Crippen LogP contribution in [0.4, 0.5) is 0 Å². The number of halogens is 1. The van der Waals surface area contributed by atoms with Gasteiger partial charge in [0.25, 0.3) is 0 Å². The first-order chi connectivity index (χ1) is 9.25. The Hall–Kier alpha value is -1.16. The van der Waals surface area contributed by atoms with E-state index in [-0.39, 0.29) is 0 Å². The van der Waals surface area contributed by atoms with E-state index in [0.29, 0.717) is 6.54 Å². The molecule has 0 fully saturated rings. The molecule has 0 radical (unpaired) electrons. The van der Waals surface area contributed by atoms with E-state index in [0.717, 1.165) is 23.0 Å². The third-order valence-electron chi connectivity index (χ3n) is 3.03. The molecule has 0 aliphatic heterocycles. The number of hydrogen-bond donors (Lipinski definition) is 2. The Morgan fingerprint density at radius 1 is 1.00 bits per heavy atom. The van der Waals surface area contributed by atoms with Crippen molar-refractivity contribution >= 4 is 15.9 Å². The van der Waals surface area contributed by atoms with Crippen molar-refractivity contribution in [2.75, 3.05) is 13.1 Å². The molecule has 0 saturated heterocycles. The Morgan fingerprint density at radius 2 is 1.68 bits per heavy atom. The fraction of sp³-hybridized carbons (Fsp3) is 0.250. The van der Waals surface area contributed by atoms with Crippen LogP contribution in [0.25, 0.3) is 0 Å². The summed E-state index contributed by atoms with van der Waals surface area (Å²) in [7, 11) is 0. The lowest BCUT2D eigenvalue weighted by Crippen LogP contribution is -2.23. The normalized spacial score (nSPS) is 12.3. The second kappa shape index (κ2) is 7.43. The Balaban J connectivity index is 1.71. The maximum absolute atomic E-state index is 9.99. The molecule has 2 aromatic carbocycles. The van der Waals surface area contributed by atoms with Crippen LogP contribution < -0.4 is 5.32 Å². The average Bonchev–Trinajstić information content (AvgIpc) is 2.46. The Labute approximate surface area is 122 Å². The van der Waals surface area contributed by atoms with Gasteiger partial charge in [0, 0.05) is 11.0 Å². The van der Waals surface area contributed by atoms with Gasteiger partial charge in [0.2, 0.25) is 0 Å². The van der Waals surface area contributed by atoms with Gasteiger partial charge in [0.05, 0.1) is 6.10 Å². The van der Waals surface area contributed by atoms with Crippen LogP contribution in [0.5, 0.6) is 0 Å². The van der Waals surface area contributed by atoms with Crippen molar-refractivity contribution < 1.29 is 5.11 Å². The van der Waals surface area contributed by atoms with Gasteiger partial charge >= 0.3 is 0 Å². The summed E-state index contributed by atoms with van der Waals surface area (Å²) in [4.78, 5) is 0. The lowest BCUT2D eigenvalue weighted by Gasteiger charge is -2.12. The summed E-state index contributed by atoms with van der Waals surface area (Å²) < 4.78 is 1.10. The summed E-state index contributed by atoms with van der Waals surface area (Å²) in [5.74, 6) is 0. The predicted octanol–water partition coefficient (Wildman–Crippen LogP) is 3.31. The zero-order chi connectivity index (χ0) is 13.5. The van der Waals surface area contributed by atoms with Crippen molar-refractivity contribution in [2.45, 2.75) is 12.5 Å². The molecule has 0 aliphatic carbocycles. The lowest BCUT2D eigenvalue weighted by molar-refractivity contribution is 0.175. The summed E-state index contributed by atoms with van der Waals surface area (Å²) in [6, 6.07) is 18.1. The van der Waals surface area contributed by atoms with Gasteiger partial charge in [0.15, 0.2) is 0 Å². The smallest absolute Gasteiger partial charge is 0.0914 e. The van der Waals surface area contributed by atoms with Crippen molar-refractivity contribution in [3.63, 3.8) is 0 Å². The highest BCUT2D eigenvalue weighted by Crippen LogP contribution is 2.12. The minimum absolute atomic E-state index is 0.439. The molecule has 0 saturated carbocycles. The van der Waals surface area contributed by atoms with Crippen LogP contribution in [0, 0.1) is 0 Å². The fourth-order valence-corrected chi connectivity index (χ4v) is 2.18. The molecule has 0 heterocycles. The molecule has 3 heteroatoms. The maximum Gasteiger partial charge on any atom is 0.0914 e. The van der Waals surface area contributed by atoms with Gasteiger partial charge in [0.1, 0.15) is 0 Å². The number of benzene rings is 2. The number of aliphatic hydroxyl groups excluding tert-OH is 1. The summed E-state index contributed by atoms with van der Waals surface area (Å²) in [5, 5.41) is 13.3. The highest BCUT2D eigenvalue weighted by atomic mass is 79.9. The Kier molecular flexibility index (Phi) is 5.58. The van der Waals surface area contributed by atoms with Crippen molar-refractivity contribution in [1.29, 1.82) is 0 Å². The van der Waals surface area contributed by atoms with E-state index < -0.39 is 6.10 Å². The number of hydrogen-bond acceptors (Lipinski definition) is 2. The largest absolute Gasteiger partial charge is 0.387 e. The van der Waals surface area contributed by atoms with Gasteiger partial charge < -0.3 is 10.4 Å². The van der Waals surface area contributed by atoms with Crippen molar-refractivity contribution in [1.82, 2.24) is 5.32 Å². The van der Waals surface area contributed by atoms with E-state index in [9.17, 15) is 5.11 Å². The molecular formula is C16H18BrNO. The summed E-state index contributed by atoms with van der Waals surface area (Å²) in [5.41, 5.74) is 2.25. The predicted molar refractivity (Wildman–Crippen MR) is 82.1 cm³/mol. The van der Waals surface area contributed by atoms with E-state index in [4.69, 9.17) is 0 Å². The van der Waals surface area contributed by atoms with Crippen molar-refractivity contribution in [2.24, 2.45) is 0 Å². The molecule has 0 amide bonds. The van der Waals surface area contributed by atoms with E-state index in [1.807, 2.05) is 42.5 Å². The molecule has 1 atom stereocenters. The summed E-state index contributed by atoms with van der Waals surface area (Å²) in [6.07, 6.45) is 0.528. The SMILES string of the molecule is O[C@@H](CNCCc1ccc(Br)cc1)c1ccccc1. The molecule has 2 rings (SSSR count). The summed E-state index contributed by atoms with van der Waals surface area (Å²) in [6.45, 7) is 1.45. The van der Waals surface area contributed by atoms with E-state index in [1.165, 1.54) is 5.56 Å². The van der Waals surface area contributed by atoms with E-state index in [1.54, 1.807) is 0 Å². The van der Waals surface area contributed by atoms with Gasteiger partial charge in [-0.2, -0.15) is 0 Å². The van der Waals surface area contributed by atoms with Gasteiger partial charge in [-0.25, -0.2) is 0 Å². The molecular weight excluding hydrogens is 302 g/mol. The lowest BCUT2D eigenvalue weighted by atomic mass is 10.1. The third-order valence-corrected chi connectivity index (χ3v) is 3.55. The first-order valence-electron chi connectivity index (χ1n) is 6.44. The Bertz CT molecular complexity index is 484. The molecule has 2 nitrogen and oxygen atoms in total. The molecule has 0 bridgehead atoms. The van der Waals surface area contributed by atoms with Crippen LogP contribution in [-0.2, 0) is 6.42 Å². The molecule has 100 valence electrons. The van der Waals surface area contributed by atoms with Gasteiger partial charge in [-0.05, 0) is 36.2 Å². The molecule has 0 spiro atoms. The zero-order valence-electron chi connectivity index (χ0n) is 10.7. The van der Waals surface area contributed by atoms with Crippen molar-refractivity contribution in [3.05, 3.63) is 70.2 Å². The van der Waals surface area contributed by atoms with Crippen molar-refractivity contribution in [3.8, 4) is 0 Å². The molecule has 19 heavy (non-hydrogen) atoms. The van der Waals surface area contributed by atoms with Gasteiger partial charge in [-0.1, -0.05) is 58.4 Å². The number of aliphatic hydroxyl groups is 1. The monoisotopic (exact) mass is 319 g/mol. The first kappa shape index (κ1) is 14.3. The highest BCUT2D eigenvalue weighted by Gasteiger charge is 2.05. The average molecular weight is 320 g/mol. The number of rotatable bonds is 6. The molecule has 2 aromatic rings. The maximum atomic E-state index is 9.99. The van der Waals surface area contributed by atoms with Crippen LogP contribution in [0.3, 0.4) is 0 Å². The van der Waals surface area contributed by atoms with Crippen LogP contribution in [0.15, 0.2) is 59.1 Å². The minimum atomic E-state index is -0.439. The molecule has 2 N–H and O–H groups in total. The van der Waals surface area contributed by atoms with Crippen LogP contribution in [-0.4, -0.2) is 18.2 Å². The second-order valence-electron chi connectivity index (χ2n) is 4.51. The van der Waals surface area contributed by atoms with Gasteiger partial charge in [-0.15, -0.1) is 0 Å². The molecule has 0 unspecified atom stereocenters. The third kappa shape index (κ3) is 4.78. The van der Waals surface area contributed by atoms with E-state index >= 15 is 0 Å². The van der Waals surface area contributed by atoms with Crippen LogP contribution >= 0.6 is 15.9 Å². The zero-order valence-corrected chi connectivity index (χ0v) is 12.3. The quantitative estimate of drug-likeness (QED) is 0.801. The number of nitrogens with one attached hydrogen (secondary N) is 1. The molecule has 0 aromatic heterocycles. The Morgan fingerprint density at radius 3 is 2.37 bits per heavy atom. The fourth-order valence-electron chi connectivity index (χ4n) is 1.92. The van der Waals surface area contributed by atoms with Crippen LogP contribution in [0.1, 0.15) is 17.2 Å². The summed E-state index contributed by atoms with van der Waals surface area (Å²) >= 11 is 3.42. The van der Waals surface area contributed by atoms with Gasteiger partial charge in [-0.3, -0.25) is 0 Å².